The highest BCUT2D eigenvalue weighted by atomic mass is 32.2. The predicted molar refractivity (Wildman–Crippen MR) is 86.1 cm³/mol. The fraction of sp³-hybridized carbons (Fsp3) is 0.385. The Labute approximate surface area is 129 Å². The van der Waals surface area contributed by atoms with Gasteiger partial charge in [-0.3, -0.25) is 0 Å². The highest BCUT2D eigenvalue weighted by Gasteiger charge is 2.12. The molecule has 1 aromatic rings. The molecule has 0 amide bonds. The van der Waals surface area contributed by atoms with Gasteiger partial charge in [0.25, 0.3) is 0 Å². The highest BCUT2D eigenvalue weighted by Crippen LogP contribution is 2.15. The molecule has 1 fully saturated rings. The molecular weight excluding hydrogens is 304 g/mol. The van der Waals surface area contributed by atoms with E-state index in [0.29, 0.717) is 11.6 Å². The molecule has 1 heterocycles. The van der Waals surface area contributed by atoms with Crippen LogP contribution in [0.1, 0.15) is 19.3 Å². The van der Waals surface area contributed by atoms with Gasteiger partial charge in [-0.25, -0.2) is 18.5 Å². The van der Waals surface area contributed by atoms with Crippen LogP contribution in [0.4, 0.5) is 5.69 Å². The first kappa shape index (κ1) is 16.2. The zero-order valence-electron chi connectivity index (χ0n) is 12.1. The Kier molecular flexibility index (Phi) is 4.99. The molecule has 0 saturated carbocycles. The monoisotopic (exact) mass is 324 g/mol. The minimum atomic E-state index is -3.72. The molecule has 0 spiro atoms. The fourth-order valence-corrected chi connectivity index (χ4v) is 2.69. The smallest absolute Gasteiger partial charge is 0.238 e. The first-order valence-electron chi connectivity index (χ1n) is 6.92. The van der Waals surface area contributed by atoms with E-state index in [9.17, 15) is 8.42 Å². The lowest BCUT2D eigenvalue weighted by Gasteiger charge is -2.27. The molecule has 6 N–H and O–H groups in total. The largest absolute Gasteiger partial charge is 0.369 e. The summed E-state index contributed by atoms with van der Waals surface area (Å²) in [6.07, 6.45) is 3.37. The maximum Gasteiger partial charge on any atom is 0.238 e. The zero-order chi connectivity index (χ0) is 16.2. The lowest BCUT2D eigenvalue weighted by Crippen LogP contribution is -2.41. The van der Waals surface area contributed by atoms with Crippen LogP contribution in [-0.2, 0) is 10.0 Å². The number of sulfonamides is 1. The van der Waals surface area contributed by atoms with Crippen molar-refractivity contribution in [3.63, 3.8) is 0 Å². The van der Waals surface area contributed by atoms with Gasteiger partial charge in [-0.2, -0.15) is 4.99 Å². The average molecular weight is 324 g/mol. The van der Waals surface area contributed by atoms with Crippen molar-refractivity contribution in [1.82, 2.24) is 4.90 Å². The van der Waals surface area contributed by atoms with Gasteiger partial charge in [0.15, 0.2) is 5.96 Å². The molecule has 22 heavy (non-hydrogen) atoms. The third kappa shape index (κ3) is 4.43. The van der Waals surface area contributed by atoms with E-state index >= 15 is 0 Å². The SMILES string of the molecule is NC(=Nc1ccc(S(N)(=O)=O)cc1)N=C(N)N1CCCCC1. The van der Waals surface area contributed by atoms with Crippen LogP contribution in [0, 0.1) is 0 Å². The Balaban J connectivity index is 2.11. The van der Waals surface area contributed by atoms with Gasteiger partial charge < -0.3 is 16.4 Å². The first-order valence-corrected chi connectivity index (χ1v) is 8.47. The third-order valence-corrected chi connectivity index (χ3v) is 4.25. The number of rotatable bonds is 2. The Morgan fingerprint density at radius 1 is 1.05 bits per heavy atom. The standard InChI is InChI=1S/C13H20N6O2S/c14-12(18-13(15)19-8-2-1-3-9-19)17-10-4-6-11(7-5-10)22(16,20)21/h4-7H,1-3,8-9H2,(H2,16,20,21)(H4,14,15,17,18). The summed E-state index contributed by atoms with van der Waals surface area (Å²) in [7, 11) is -3.72. The number of nitrogens with zero attached hydrogens (tertiary/aromatic N) is 3. The second-order valence-electron chi connectivity index (χ2n) is 5.03. The number of hydrogen-bond donors (Lipinski definition) is 3. The number of likely N-dealkylation sites (tertiary alicyclic amines) is 1. The Morgan fingerprint density at radius 2 is 1.64 bits per heavy atom. The molecule has 1 aromatic carbocycles. The van der Waals surface area contributed by atoms with Gasteiger partial charge in [-0.05, 0) is 43.5 Å². The van der Waals surface area contributed by atoms with Crippen LogP contribution in [0.2, 0.25) is 0 Å². The summed E-state index contributed by atoms with van der Waals surface area (Å²) in [5.74, 6) is 0.369. The summed E-state index contributed by atoms with van der Waals surface area (Å²) >= 11 is 0. The molecule has 0 bridgehead atoms. The van der Waals surface area contributed by atoms with Crippen LogP contribution in [0.25, 0.3) is 0 Å². The van der Waals surface area contributed by atoms with Crippen molar-refractivity contribution in [2.75, 3.05) is 13.1 Å². The van der Waals surface area contributed by atoms with E-state index in [1.54, 1.807) is 0 Å². The van der Waals surface area contributed by atoms with Gasteiger partial charge >= 0.3 is 0 Å². The normalized spacial score (nSPS) is 17.6. The van der Waals surface area contributed by atoms with E-state index in [1.807, 2.05) is 4.90 Å². The Bertz CT molecular complexity index is 675. The molecule has 1 aliphatic rings. The summed E-state index contributed by atoms with van der Waals surface area (Å²) in [5.41, 5.74) is 12.1. The van der Waals surface area contributed by atoms with Crippen molar-refractivity contribution >= 4 is 27.6 Å². The summed E-state index contributed by atoms with van der Waals surface area (Å²) in [6, 6.07) is 5.72. The Hall–Kier alpha value is -2.13. The maximum atomic E-state index is 11.2. The molecule has 9 heteroatoms. The highest BCUT2D eigenvalue weighted by molar-refractivity contribution is 7.89. The molecule has 0 aliphatic carbocycles. The topological polar surface area (TPSA) is 140 Å². The van der Waals surface area contributed by atoms with E-state index in [2.05, 4.69) is 9.98 Å². The molecule has 0 unspecified atom stereocenters. The van der Waals surface area contributed by atoms with Crippen molar-refractivity contribution < 1.29 is 8.42 Å². The molecular formula is C13H20N6O2S. The van der Waals surface area contributed by atoms with Crippen molar-refractivity contribution in [1.29, 1.82) is 0 Å². The van der Waals surface area contributed by atoms with Crippen molar-refractivity contribution in [2.24, 2.45) is 26.6 Å². The second kappa shape index (κ2) is 6.75. The number of guanidine groups is 2. The molecule has 0 atom stereocenters. The quantitative estimate of drug-likeness (QED) is 0.522. The molecule has 1 saturated heterocycles. The van der Waals surface area contributed by atoms with Crippen LogP contribution in [0.5, 0.6) is 0 Å². The van der Waals surface area contributed by atoms with Gasteiger partial charge in [0, 0.05) is 13.1 Å². The van der Waals surface area contributed by atoms with E-state index < -0.39 is 10.0 Å². The van der Waals surface area contributed by atoms with Crippen LogP contribution in [0.3, 0.4) is 0 Å². The number of nitrogens with two attached hydrogens (primary N) is 3. The van der Waals surface area contributed by atoms with E-state index in [4.69, 9.17) is 16.6 Å². The van der Waals surface area contributed by atoms with E-state index in [-0.39, 0.29) is 10.9 Å². The number of aliphatic imine (C=N–C) groups is 2. The van der Waals surface area contributed by atoms with Crippen LogP contribution < -0.4 is 16.6 Å². The number of primary sulfonamides is 1. The Morgan fingerprint density at radius 3 is 2.18 bits per heavy atom. The van der Waals surface area contributed by atoms with Crippen LogP contribution in [-0.4, -0.2) is 38.3 Å². The van der Waals surface area contributed by atoms with Gasteiger partial charge in [-0.1, -0.05) is 0 Å². The van der Waals surface area contributed by atoms with E-state index in [1.165, 1.54) is 30.7 Å². The molecule has 8 nitrogen and oxygen atoms in total. The van der Waals surface area contributed by atoms with Gasteiger partial charge in [0.2, 0.25) is 16.0 Å². The molecule has 1 aliphatic heterocycles. The van der Waals surface area contributed by atoms with Crippen LogP contribution >= 0.6 is 0 Å². The summed E-state index contributed by atoms with van der Waals surface area (Å²) in [5, 5.41) is 5.02. The second-order valence-corrected chi connectivity index (χ2v) is 6.59. The number of piperidine rings is 1. The van der Waals surface area contributed by atoms with Gasteiger partial charge in [0.1, 0.15) is 0 Å². The minimum Gasteiger partial charge on any atom is -0.369 e. The average Bonchev–Trinajstić information content (AvgIpc) is 2.47. The van der Waals surface area contributed by atoms with Gasteiger partial charge in [-0.15, -0.1) is 0 Å². The number of hydrogen-bond acceptors (Lipinski definition) is 3. The lowest BCUT2D eigenvalue weighted by molar-refractivity contribution is 0.339. The fourth-order valence-electron chi connectivity index (χ4n) is 2.18. The van der Waals surface area contributed by atoms with Crippen LogP contribution in [0.15, 0.2) is 39.1 Å². The minimum absolute atomic E-state index is 0.0151. The van der Waals surface area contributed by atoms with Crippen molar-refractivity contribution in [3.05, 3.63) is 24.3 Å². The number of benzene rings is 1. The van der Waals surface area contributed by atoms with E-state index in [0.717, 1.165) is 25.9 Å². The first-order chi connectivity index (χ1) is 10.4. The lowest BCUT2D eigenvalue weighted by atomic mass is 10.1. The molecule has 0 aromatic heterocycles. The van der Waals surface area contributed by atoms with Crippen molar-refractivity contribution in [3.8, 4) is 0 Å². The van der Waals surface area contributed by atoms with Crippen molar-refractivity contribution in [2.45, 2.75) is 24.2 Å². The summed E-state index contributed by atoms with van der Waals surface area (Å²) in [4.78, 5) is 10.1. The molecule has 120 valence electrons. The summed E-state index contributed by atoms with van der Waals surface area (Å²) in [6.45, 7) is 1.73. The maximum absolute atomic E-state index is 11.2. The predicted octanol–water partition coefficient (Wildman–Crippen LogP) is 0.0808. The summed E-state index contributed by atoms with van der Waals surface area (Å²) < 4.78 is 22.3. The molecule has 0 radical (unpaired) electrons. The molecule has 2 rings (SSSR count). The third-order valence-electron chi connectivity index (χ3n) is 3.32. The van der Waals surface area contributed by atoms with Gasteiger partial charge in [0.05, 0.1) is 10.6 Å². The zero-order valence-corrected chi connectivity index (χ0v) is 13.0.